The van der Waals surface area contributed by atoms with Crippen molar-refractivity contribution in [2.24, 2.45) is 5.92 Å². The van der Waals surface area contributed by atoms with Crippen molar-refractivity contribution in [2.75, 3.05) is 13.7 Å². The molecule has 0 unspecified atom stereocenters. The molecule has 3 amide bonds. The van der Waals surface area contributed by atoms with Gasteiger partial charge in [-0.2, -0.15) is 0 Å². The molecule has 11 nitrogen and oxygen atoms in total. The number of ether oxygens (including phenoxy) is 1. The zero-order chi connectivity index (χ0) is 31.7. The Bertz CT molecular complexity index is 1550. The number of rotatable bonds is 14. The number of Topliss-reactive ketones (excluding diaryl/α,β-unsaturated/α-hetero) is 2. The highest BCUT2D eigenvalue weighted by molar-refractivity contribution is 6.02. The fraction of sp³-hybridized carbons (Fsp3) is 0.312. The molecule has 0 aromatic heterocycles. The molecular formula is C32H35N3O8. The van der Waals surface area contributed by atoms with Gasteiger partial charge in [0, 0.05) is 16.7 Å². The second kappa shape index (κ2) is 14.7. The molecular weight excluding hydrogens is 554 g/mol. The highest BCUT2D eigenvalue weighted by Gasteiger charge is 2.30. The molecule has 43 heavy (non-hydrogen) atoms. The highest BCUT2D eigenvalue weighted by atomic mass is 16.5. The molecule has 0 aliphatic heterocycles. The molecule has 3 aromatic carbocycles. The molecule has 0 spiro atoms. The summed E-state index contributed by atoms with van der Waals surface area (Å²) in [5.41, 5.74) is 1.15. The SMILES string of the molecule is COc1ccc(C(C)=O)cc1CC(=O)N[C@H](C(=O)N[C@@H](CC(=O)O)C(=O)CNC(=O)c1ccc2ccccc2c1)C(C)C. The number of carboxylic acids is 1. The quantitative estimate of drug-likeness (QED) is 0.208. The maximum Gasteiger partial charge on any atom is 0.305 e. The van der Waals surface area contributed by atoms with Crippen LogP contribution >= 0.6 is 0 Å². The van der Waals surface area contributed by atoms with E-state index in [-0.39, 0.29) is 12.2 Å². The van der Waals surface area contributed by atoms with E-state index in [4.69, 9.17) is 4.74 Å². The second-order valence-corrected chi connectivity index (χ2v) is 10.4. The zero-order valence-electron chi connectivity index (χ0n) is 24.4. The van der Waals surface area contributed by atoms with Crippen molar-refractivity contribution in [3.63, 3.8) is 0 Å². The predicted molar refractivity (Wildman–Crippen MR) is 159 cm³/mol. The molecule has 0 aliphatic carbocycles. The van der Waals surface area contributed by atoms with Gasteiger partial charge in [0.2, 0.25) is 11.8 Å². The number of aliphatic carboxylic acids is 1. The standard InChI is InChI=1S/C32H35N3O8/c1-18(2)30(35-28(38)15-24-13-21(19(3)36)11-12-27(24)43-4)32(42)34-25(16-29(39)40)26(37)17-33-31(41)23-10-9-20-7-5-6-8-22(20)14-23/h5-14,18,25,30H,15-17H2,1-4H3,(H,33,41)(H,34,42)(H,35,38)(H,39,40)/t25-,30-/m0/s1. The topological polar surface area (TPSA) is 168 Å². The Labute approximate surface area is 249 Å². The average Bonchev–Trinajstić information content (AvgIpc) is 2.97. The number of amides is 3. The van der Waals surface area contributed by atoms with Crippen LogP contribution in [0.1, 0.15) is 53.5 Å². The molecule has 0 saturated heterocycles. The van der Waals surface area contributed by atoms with Crippen LogP contribution in [0.25, 0.3) is 10.8 Å². The van der Waals surface area contributed by atoms with Crippen molar-refractivity contribution in [2.45, 2.75) is 45.7 Å². The molecule has 0 heterocycles. The molecule has 0 bridgehead atoms. The molecule has 0 radical (unpaired) electrons. The Kier molecular flexibility index (Phi) is 11.1. The van der Waals surface area contributed by atoms with Crippen LogP contribution < -0.4 is 20.7 Å². The minimum Gasteiger partial charge on any atom is -0.496 e. The molecule has 11 heteroatoms. The third-order valence-corrected chi connectivity index (χ3v) is 6.82. The van der Waals surface area contributed by atoms with Gasteiger partial charge in [-0.15, -0.1) is 0 Å². The lowest BCUT2D eigenvalue weighted by molar-refractivity contribution is -0.140. The van der Waals surface area contributed by atoms with Gasteiger partial charge in [0.25, 0.3) is 5.91 Å². The molecule has 3 rings (SSSR count). The number of hydrogen-bond acceptors (Lipinski definition) is 7. The van der Waals surface area contributed by atoms with E-state index < -0.39 is 60.4 Å². The van der Waals surface area contributed by atoms with Gasteiger partial charge in [-0.1, -0.05) is 44.2 Å². The largest absolute Gasteiger partial charge is 0.496 e. The van der Waals surface area contributed by atoms with Gasteiger partial charge in [-0.25, -0.2) is 0 Å². The summed E-state index contributed by atoms with van der Waals surface area (Å²) in [6, 6.07) is 14.7. The Morgan fingerprint density at radius 2 is 1.53 bits per heavy atom. The number of methoxy groups -OCH3 is 1. The Morgan fingerprint density at radius 1 is 0.860 bits per heavy atom. The summed E-state index contributed by atoms with van der Waals surface area (Å²) >= 11 is 0. The lowest BCUT2D eigenvalue weighted by Crippen LogP contribution is -2.55. The number of carbonyl (C=O) groups is 6. The Hall–Kier alpha value is -5.06. The molecule has 0 fully saturated rings. The number of fused-ring (bicyclic) bond motifs is 1. The van der Waals surface area contributed by atoms with Crippen LogP contribution in [0, 0.1) is 5.92 Å². The highest BCUT2D eigenvalue weighted by Crippen LogP contribution is 2.21. The third-order valence-electron chi connectivity index (χ3n) is 6.82. The lowest BCUT2D eigenvalue weighted by atomic mass is 10.00. The first kappa shape index (κ1) is 32.5. The summed E-state index contributed by atoms with van der Waals surface area (Å²) in [5.74, 6) is -4.11. The van der Waals surface area contributed by atoms with E-state index in [9.17, 15) is 33.9 Å². The van der Waals surface area contributed by atoms with Crippen molar-refractivity contribution < 1.29 is 38.6 Å². The van der Waals surface area contributed by atoms with Gasteiger partial charge in [-0.3, -0.25) is 28.8 Å². The lowest BCUT2D eigenvalue weighted by Gasteiger charge is -2.25. The van der Waals surface area contributed by atoms with Crippen LogP contribution in [-0.4, -0.2) is 66.1 Å². The number of benzene rings is 3. The molecule has 2 atom stereocenters. The van der Waals surface area contributed by atoms with Crippen molar-refractivity contribution in [3.8, 4) is 5.75 Å². The van der Waals surface area contributed by atoms with Gasteiger partial charge in [0.15, 0.2) is 11.6 Å². The molecule has 0 aliphatic rings. The zero-order valence-corrected chi connectivity index (χ0v) is 24.4. The van der Waals surface area contributed by atoms with Gasteiger partial charge in [0.1, 0.15) is 11.8 Å². The van der Waals surface area contributed by atoms with E-state index in [0.29, 0.717) is 22.4 Å². The molecule has 4 N–H and O–H groups in total. The van der Waals surface area contributed by atoms with E-state index in [0.717, 1.165) is 10.8 Å². The monoisotopic (exact) mass is 589 g/mol. The van der Waals surface area contributed by atoms with Crippen molar-refractivity contribution in [3.05, 3.63) is 77.4 Å². The number of nitrogens with one attached hydrogen (secondary N) is 3. The van der Waals surface area contributed by atoms with Gasteiger partial charge < -0.3 is 25.8 Å². The van der Waals surface area contributed by atoms with E-state index in [2.05, 4.69) is 16.0 Å². The van der Waals surface area contributed by atoms with Crippen molar-refractivity contribution >= 4 is 46.0 Å². The maximum atomic E-state index is 13.2. The summed E-state index contributed by atoms with van der Waals surface area (Å²) < 4.78 is 5.29. The summed E-state index contributed by atoms with van der Waals surface area (Å²) in [7, 11) is 1.43. The van der Waals surface area contributed by atoms with Crippen LogP contribution in [0.5, 0.6) is 5.75 Å². The third kappa shape index (κ3) is 8.96. The number of carbonyl (C=O) groups excluding carboxylic acids is 5. The Balaban J connectivity index is 1.67. The first-order valence-electron chi connectivity index (χ1n) is 13.7. The second-order valence-electron chi connectivity index (χ2n) is 10.4. The Morgan fingerprint density at radius 3 is 2.16 bits per heavy atom. The van der Waals surface area contributed by atoms with Crippen LogP contribution in [0.2, 0.25) is 0 Å². The molecule has 226 valence electrons. The summed E-state index contributed by atoms with van der Waals surface area (Å²) in [5, 5.41) is 18.7. The van der Waals surface area contributed by atoms with Gasteiger partial charge in [-0.05, 0) is 53.9 Å². The number of carboxylic acid groups (broad SMARTS) is 1. The van der Waals surface area contributed by atoms with Crippen LogP contribution in [0.3, 0.4) is 0 Å². The first-order valence-corrected chi connectivity index (χ1v) is 13.7. The fourth-order valence-corrected chi connectivity index (χ4v) is 4.47. The number of ketones is 2. The normalized spacial score (nSPS) is 12.2. The van der Waals surface area contributed by atoms with Crippen molar-refractivity contribution in [1.29, 1.82) is 0 Å². The maximum absolute atomic E-state index is 13.2. The van der Waals surface area contributed by atoms with E-state index in [1.807, 2.05) is 24.3 Å². The minimum absolute atomic E-state index is 0.189. The average molecular weight is 590 g/mol. The van der Waals surface area contributed by atoms with Gasteiger partial charge >= 0.3 is 5.97 Å². The minimum atomic E-state index is -1.45. The molecule has 3 aromatic rings. The number of hydrogen-bond donors (Lipinski definition) is 4. The van der Waals surface area contributed by atoms with Crippen LogP contribution in [0.4, 0.5) is 0 Å². The smallest absolute Gasteiger partial charge is 0.305 e. The summed E-state index contributed by atoms with van der Waals surface area (Å²) in [6.07, 6.45) is -0.913. The van der Waals surface area contributed by atoms with Crippen molar-refractivity contribution in [1.82, 2.24) is 16.0 Å². The molecule has 0 saturated carbocycles. The van der Waals surface area contributed by atoms with E-state index in [1.165, 1.54) is 14.0 Å². The fourth-order valence-electron chi connectivity index (χ4n) is 4.47. The summed E-state index contributed by atoms with van der Waals surface area (Å²) in [4.78, 5) is 75.1. The van der Waals surface area contributed by atoms with E-state index in [1.54, 1.807) is 50.2 Å². The van der Waals surface area contributed by atoms with Gasteiger partial charge in [0.05, 0.1) is 32.5 Å². The van der Waals surface area contributed by atoms with E-state index >= 15 is 0 Å². The van der Waals surface area contributed by atoms with Crippen LogP contribution in [0.15, 0.2) is 60.7 Å². The summed E-state index contributed by atoms with van der Waals surface area (Å²) in [6.45, 7) is 4.24. The van der Waals surface area contributed by atoms with Crippen LogP contribution in [-0.2, 0) is 25.6 Å². The first-order chi connectivity index (χ1) is 20.4. The predicted octanol–water partition coefficient (Wildman–Crippen LogP) is 2.69.